The van der Waals surface area contributed by atoms with Crippen molar-refractivity contribution in [1.29, 1.82) is 0 Å². The van der Waals surface area contributed by atoms with Crippen molar-refractivity contribution >= 4 is 50.6 Å². The smallest absolute Gasteiger partial charge is 0.179 e. The van der Waals surface area contributed by atoms with Gasteiger partial charge in [-0.25, -0.2) is 0 Å². The Hall–Kier alpha value is -10.1. The van der Waals surface area contributed by atoms with Gasteiger partial charge in [-0.05, 0) is 140 Å². The standard InChI is InChI=1S/C80H55NSi/c1-7-26-54(27-8-1)59-50-60(55-28-9-2-10-29-55)52-63(51-59)82(61-34-15-5-16-35-61,62-36-17-6-18-37-62)75-47-25-44-70-77-67-39-19-20-40-68(67)80(79(70)75)78-69(77)43-24-46-74(78)81-72-45-22-21-38-66(72)71-53-58(48-49-73(71)81)76-64(56-30-11-3-12-31-56)41-23-42-65(76)57-32-13-4-14-33-57/h1-53,77,80H/i3D,4D,11D,12D,13D,14D,30D,31D,32D,33D. The van der Waals surface area contributed by atoms with Gasteiger partial charge in [0.2, 0.25) is 0 Å². The molecule has 0 saturated carbocycles. The van der Waals surface area contributed by atoms with Gasteiger partial charge < -0.3 is 4.57 Å². The Balaban J connectivity index is 0.973. The normalized spacial score (nSPS) is 15.8. The van der Waals surface area contributed by atoms with E-state index in [1.54, 1.807) is 18.2 Å². The Morgan fingerprint density at radius 2 is 0.793 bits per heavy atom. The Morgan fingerprint density at radius 3 is 1.40 bits per heavy atom. The van der Waals surface area contributed by atoms with Crippen LogP contribution in [0.25, 0.3) is 83.1 Å². The van der Waals surface area contributed by atoms with Gasteiger partial charge in [-0.1, -0.05) is 291 Å². The zero-order valence-electron chi connectivity index (χ0n) is 54.4. The first-order chi connectivity index (χ1) is 44.9. The minimum Gasteiger partial charge on any atom is -0.309 e. The summed E-state index contributed by atoms with van der Waals surface area (Å²) in [7, 11) is -3.40. The number of fused-ring (bicyclic) bond motifs is 3. The topological polar surface area (TPSA) is 4.93 Å². The molecule has 0 radical (unpaired) electrons. The van der Waals surface area contributed by atoms with E-state index in [1.165, 1.54) is 54.1 Å². The molecule has 1 nitrogen and oxygen atoms in total. The Kier molecular flexibility index (Phi) is 9.20. The van der Waals surface area contributed by atoms with Crippen molar-refractivity contribution in [2.24, 2.45) is 0 Å². The lowest BCUT2D eigenvalue weighted by Gasteiger charge is -2.47. The van der Waals surface area contributed by atoms with Crippen molar-refractivity contribution in [3.8, 4) is 61.3 Å². The van der Waals surface area contributed by atoms with Crippen molar-refractivity contribution in [2.45, 2.75) is 11.8 Å². The molecule has 3 aliphatic rings. The molecule has 3 aliphatic carbocycles. The SMILES string of the molecule is [2H]c1c([2H])c([2H])c(-c2cccc(-c3c([2H])c([2H])c([2H])c([2H])c3[2H])c2-c2ccc3c(c2)c2ccccc2n3-c2cccc3c2C2c4ccccc4C3c3cccc([Si](c4ccccc4)(c4ccccc4)c4cc(-c5ccccc5)cc(-c5ccccc5)c4)c32)c([2H])c1[2H]. The predicted molar refractivity (Wildman–Crippen MR) is 346 cm³/mol. The molecule has 2 heteroatoms. The van der Waals surface area contributed by atoms with Gasteiger partial charge in [0.05, 0.1) is 30.4 Å². The number of aromatic nitrogens is 1. The van der Waals surface area contributed by atoms with Gasteiger partial charge in [-0.2, -0.15) is 0 Å². The van der Waals surface area contributed by atoms with E-state index in [0.717, 1.165) is 49.7 Å². The van der Waals surface area contributed by atoms with Crippen LogP contribution in [0.4, 0.5) is 0 Å². The lowest BCUT2D eigenvalue weighted by atomic mass is 9.60. The second-order valence-electron chi connectivity index (χ2n) is 21.4. The molecular formula is C80H55NSi. The van der Waals surface area contributed by atoms with E-state index in [9.17, 15) is 5.48 Å². The van der Waals surface area contributed by atoms with E-state index in [1.807, 2.05) is 18.2 Å². The zero-order chi connectivity index (χ0) is 62.8. The molecule has 0 saturated heterocycles. The van der Waals surface area contributed by atoms with Crippen molar-refractivity contribution in [1.82, 2.24) is 4.57 Å². The quantitative estimate of drug-likeness (QED) is 0.0950. The van der Waals surface area contributed by atoms with Crippen molar-refractivity contribution in [3.05, 3.63) is 355 Å². The van der Waals surface area contributed by atoms with Crippen molar-refractivity contribution in [3.63, 3.8) is 0 Å². The summed E-state index contributed by atoms with van der Waals surface area (Å²) in [6.45, 7) is 0. The van der Waals surface area contributed by atoms with Gasteiger partial charge in [0.15, 0.2) is 8.07 Å². The fourth-order valence-electron chi connectivity index (χ4n) is 14.0. The molecular weight excluding hydrogens is 1000 g/mol. The van der Waals surface area contributed by atoms with Gasteiger partial charge in [0.25, 0.3) is 0 Å². The van der Waals surface area contributed by atoms with Crippen LogP contribution in [-0.2, 0) is 0 Å². The summed E-state index contributed by atoms with van der Waals surface area (Å²) >= 11 is 0. The molecule has 1 aromatic heterocycles. The maximum atomic E-state index is 9.26. The highest BCUT2D eigenvalue weighted by molar-refractivity contribution is 7.20. The molecule has 82 heavy (non-hydrogen) atoms. The van der Waals surface area contributed by atoms with Crippen molar-refractivity contribution < 1.29 is 13.7 Å². The van der Waals surface area contributed by atoms with E-state index >= 15 is 0 Å². The average molecular weight is 1070 g/mol. The summed E-state index contributed by atoms with van der Waals surface area (Å²) in [6, 6.07) is 88.6. The van der Waals surface area contributed by atoms with Crippen LogP contribution in [0.15, 0.2) is 321 Å². The van der Waals surface area contributed by atoms with Crippen LogP contribution in [0.5, 0.6) is 0 Å². The largest absolute Gasteiger partial charge is 0.309 e. The highest BCUT2D eigenvalue weighted by Gasteiger charge is 2.50. The second kappa shape index (κ2) is 19.6. The third kappa shape index (κ3) is 7.45. The molecule has 2 unspecified atom stereocenters. The first-order valence-corrected chi connectivity index (χ1v) is 29.9. The van der Waals surface area contributed by atoms with Crippen LogP contribution in [0.3, 0.4) is 0 Å². The Morgan fingerprint density at radius 1 is 0.305 bits per heavy atom. The number of benzene rings is 13. The lowest BCUT2D eigenvalue weighted by molar-refractivity contribution is 0.752. The highest BCUT2D eigenvalue weighted by atomic mass is 28.3. The first-order valence-electron chi connectivity index (χ1n) is 32.9. The van der Waals surface area contributed by atoms with Crippen LogP contribution in [-0.4, -0.2) is 12.6 Å². The van der Waals surface area contributed by atoms with E-state index in [2.05, 4.69) is 229 Å². The molecule has 2 atom stereocenters. The summed E-state index contributed by atoms with van der Waals surface area (Å²) in [6.07, 6.45) is 0. The van der Waals surface area contributed by atoms with Crippen LogP contribution in [0, 0.1) is 0 Å². The van der Waals surface area contributed by atoms with Crippen molar-refractivity contribution in [2.75, 3.05) is 0 Å². The summed E-state index contributed by atoms with van der Waals surface area (Å²) in [5.41, 5.74) is 16.3. The van der Waals surface area contributed by atoms with E-state index in [-0.39, 0.29) is 34.1 Å². The number of rotatable bonds is 10. The second-order valence-corrected chi connectivity index (χ2v) is 25.2. The third-order valence-electron chi connectivity index (χ3n) is 17.3. The fourth-order valence-corrected chi connectivity index (χ4v) is 19.1. The molecule has 13 aromatic carbocycles. The number of para-hydroxylation sites is 1. The predicted octanol–water partition coefficient (Wildman–Crippen LogP) is 17.5. The van der Waals surface area contributed by atoms with Gasteiger partial charge >= 0.3 is 0 Å². The fraction of sp³-hybridized carbons (Fsp3) is 0.0250. The highest BCUT2D eigenvalue weighted by Crippen LogP contribution is 2.57. The molecule has 2 bridgehead atoms. The zero-order valence-corrected chi connectivity index (χ0v) is 45.4. The number of nitrogens with zero attached hydrogens (tertiary/aromatic N) is 1. The summed E-state index contributed by atoms with van der Waals surface area (Å²) in [5.74, 6) is -0.356. The maximum absolute atomic E-state index is 9.26. The number of hydrogen-bond donors (Lipinski definition) is 0. The molecule has 14 aromatic rings. The van der Waals surface area contributed by atoms with Gasteiger partial charge in [-0.3, -0.25) is 0 Å². The van der Waals surface area contributed by atoms with Crippen LogP contribution in [0.1, 0.15) is 58.9 Å². The van der Waals surface area contributed by atoms with E-state index in [0.29, 0.717) is 11.1 Å². The maximum Gasteiger partial charge on any atom is 0.179 e. The van der Waals surface area contributed by atoms with E-state index in [4.69, 9.17) is 8.22 Å². The lowest BCUT2D eigenvalue weighted by Crippen LogP contribution is -2.75. The van der Waals surface area contributed by atoms with E-state index < -0.39 is 68.5 Å². The molecule has 1 heterocycles. The van der Waals surface area contributed by atoms with Crippen LogP contribution in [0.2, 0.25) is 0 Å². The molecule has 384 valence electrons. The first kappa shape index (κ1) is 38.5. The minimum absolute atomic E-state index is 0.0687. The average Bonchev–Trinajstić information content (AvgIpc) is 0.872. The molecule has 0 aliphatic heterocycles. The summed E-state index contributed by atoms with van der Waals surface area (Å²) in [5, 5.41) is 6.92. The molecule has 0 spiro atoms. The van der Waals surface area contributed by atoms with Crippen LogP contribution < -0.4 is 20.7 Å². The molecule has 0 fully saturated rings. The van der Waals surface area contributed by atoms with Gasteiger partial charge in [-0.15, -0.1) is 0 Å². The molecule has 0 N–H and O–H groups in total. The summed E-state index contributed by atoms with van der Waals surface area (Å²) < 4.78 is 91.6. The van der Waals surface area contributed by atoms with Crippen LogP contribution >= 0.6 is 0 Å². The third-order valence-corrected chi connectivity index (χ3v) is 22.1. The minimum atomic E-state index is -3.40. The number of hydrogen-bond acceptors (Lipinski definition) is 0. The van der Waals surface area contributed by atoms with Gasteiger partial charge in [0.1, 0.15) is 0 Å². The molecule has 0 amide bonds. The van der Waals surface area contributed by atoms with Gasteiger partial charge in [0, 0.05) is 22.6 Å². The molecule has 17 rings (SSSR count). The summed E-state index contributed by atoms with van der Waals surface area (Å²) in [4.78, 5) is 0. The Bertz CT molecular complexity index is 5120. The monoisotopic (exact) mass is 1070 g/mol. The Labute approximate surface area is 494 Å².